The summed E-state index contributed by atoms with van der Waals surface area (Å²) in [6, 6.07) is 8.27. The summed E-state index contributed by atoms with van der Waals surface area (Å²) in [4.78, 5) is 25.6. The third kappa shape index (κ3) is 4.96. The van der Waals surface area contributed by atoms with Gasteiger partial charge in [-0.25, -0.2) is 9.59 Å². The number of aliphatic hydroxyl groups is 1. The quantitative estimate of drug-likeness (QED) is 0.864. The van der Waals surface area contributed by atoms with Gasteiger partial charge in [0.1, 0.15) is 12.2 Å². The topological polar surface area (TPSA) is 76.1 Å². The number of esters is 1. The van der Waals surface area contributed by atoms with Crippen molar-refractivity contribution >= 4 is 12.1 Å². The highest BCUT2D eigenvalue weighted by Crippen LogP contribution is 2.22. The van der Waals surface area contributed by atoms with Crippen LogP contribution in [0.25, 0.3) is 0 Å². The van der Waals surface area contributed by atoms with Gasteiger partial charge in [-0.3, -0.25) is 4.90 Å². The Bertz CT molecular complexity index is 552. The molecule has 0 unspecified atom stereocenters. The maximum atomic E-state index is 12.2. The van der Waals surface area contributed by atoms with Crippen LogP contribution in [0, 0.1) is 0 Å². The minimum atomic E-state index is -0.636. The minimum Gasteiger partial charge on any atom is -0.460 e. The smallest absolute Gasteiger partial charge is 0.410 e. The van der Waals surface area contributed by atoms with E-state index in [4.69, 9.17) is 9.47 Å². The van der Waals surface area contributed by atoms with Crippen LogP contribution in [-0.2, 0) is 9.47 Å². The fraction of sp³-hybridized carbons (Fsp3) is 0.529. The number of β-amino-alcohol motifs (C(OH)–C–C–N with tert-alkyl or cyclic N) is 1. The van der Waals surface area contributed by atoms with E-state index in [9.17, 15) is 14.7 Å². The first kappa shape index (κ1) is 17.3. The molecule has 1 fully saturated rings. The summed E-state index contributed by atoms with van der Waals surface area (Å²) in [5.74, 6) is -0.448. The third-order valence-electron chi connectivity index (χ3n) is 3.44. The van der Waals surface area contributed by atoms with Crippen LogP contribution in [0.5, 0.6) is 0 Å². The van der Waals surface area contributed by atoms with Crippen LogP contribution in [0.15, 0.2) is 30.3 Å². The highest BCUT2D eigenvalue weighted by atomic mass is 16.6. The fourth-order valence-corrected chi connectivity index (χ4v) is 2.42. The average molecular weight is 321 g/mol. The standard InChI is InChI=1S/C17H23NO5/c1-17(2,3)23-16(21)18-10-14(19)9-13(18)11-22-15(20)12-7-5-4-6-8-12/h4-8,13-14,19H,9-11H2,1-3H3/t13-,14-/m1/s1. The van der Waals surface area contributed by atoms with Crippen molar-refractivity contribution in [2.45, 2.75) is 44.9 Å². The van der Waals surface area contributed by atoms with Gasteiger partial charge in [-0.1, -0.05) is 18.2 Å². The van der Waals surface area contributed by atoms with Gasteiger partial charge in [0.25, 0.3) is 0 Å². The molecule has 1 heterocycles. The van der Waals surface area contributed by atoms with E-state index in [-0.39, 0.29) is 19.2 Å². The Morgan fingerprint density at radius 1 is 1.26 bits per heavy atom. The SMILES string of the molecule is CC(C)(C)OC(=O)N1C[C@H](O)C[C@@H]1COC(=O)c1ccccc1. The van der Waals surface area contributed by atoms with Gasteiger partial charge in [0, 0.05) is 0 Å². The zero-order valence-electron chi connectivity index (χ0n) is 13.7. The monoisotopic (exact) mass is 321 g/mol. The summed E-state index contributed by atoms with van der Waals surface area (Å²) in [6.07, 6.45) is -0.779. The molecule has 0 aromatic heterocycles. The summed E-state index contributed by atoms with van der Waals surface area (Å²) in [5.41, 5.74) is -0.162. The molecule has 6 nitrogen and oxygen atoms in total. The lowest BCUT2D eigenvalue weighted by Gasteiger charge is -2.28. The molecule has 1 aliphatic rings. The molecule has 126 valence electrons. The van der Waals surface area contributed by atoms with Crippen molar-refractivity contribution in [2.75, 3.05) is 13.2 Å². The zero-order valence-corrected chi connectivity index (χ0v) is 13.7. The first-order valence-electron chi connectivity index (χ1n) is 7.66. The van der Waals surface area contributed by atoms with Crippen LogP contribution >= 0.6 is 0 Å². The first-order valence-corrected chi connectivity index (χ1v) is 7.66. The van der Waals surface area contributed by atoms with Crippen LogP contribution in [-0.4, -0.2) is 53.0 Å². The molecule has 1 amide bonds. The van der Waals surface area contributed by atoms with Gasteiger partial charge < -0.3 is 14.6 Å². The summed E-state index contributed by atoms with van der Waals surface area (Å²) < 4.78 is 10.6. The number of likely N-dealkylation sites (tertiary alicyclic amines) is 1. The van der Waals surface area contributed by atoms with Crippen molar-refractivity contribution in [3.8, 4) is 0 Å². The van der Waals surface area contributed by atoms with E-state index < -0.39 is 23.8 Å². The summed E-state index contributed by atoms with van der Waals surface area (Å²) in [7, 11) is 0. The van der Waals surface area contributed by atoms with Crippen LogP contribution in [0.2, 0.25) is 0 Å². The fourth-order valence-electron chi connectivity index (χ4n) is 2.42. The normalized spacial score (nSPS) is 21.1. The van der Waals surface area contributed by atoms with E-state index in [1.807, 2.05) is 6.07 Å². The predicted molar refractivity (Wildman–Crippen MR) is 84.1 cm³/mol. The Hall–Kier alpha value is -2.08. The molecule has 1 saturated heterocycles. The zero-order chi connectivity index (χ0) is 17.0. The van der Waals surface area contributed by atoms with Crippen LogP contribution in [0.4, 0.5) is 4.79 Å². The number of hydrogen-bond acceptors (Lipinski definition) is 5. The molecule has 0 saturated carbocycles. The molecule has 1 aliphatic heterocycles. The molecule has 1 aromatic rings. The lowest BCUT2D eigenvalue weighted by molar-refractivity contribution is 0.00990. The van der Waals surface area contributed by atoms with Gasteiger partial charge in [0.05, 0.1) is 24.3 Å². The Morgan fingerprint density at radius 2 is 1.91 bits per heavy atom. The van der Waals surface area contributed by atoms with Gasteiger partial charge in [-0.05, 0) is 39.3 Å². The lowest BCUT2D eigenvalue weighted by atomic mass is 10.2. The second-order valence-corrected chi connectivity index (χ2v) is 6.64. The Labute approximate surface area is 136 Å². The van der Waals surface area contributed by atoms with Crippen molar-refractivity contribution < 1.29 is 24.2 Å². The number of amides is 1. The molecule has 23 heavy (non-hydrogen) atoms. The van der Waals surface area contributed by atoms with Gasteiger partial charge in [0.2, 0.25) is 0 Å². The number of nitrogens with zero attached hydrogens (tertiary/aromatic N) is 1. The van der Waals surface area contributed by atoms with Gasteiger partial charge in [0.15, 0.2) is 0 Å². The predicted octanol–water partition coefficient (Wildman–Crippen LogP) is 2.21. The highest BCUT2D eigenvalue weighted by molar-refractivity contribution is 5.89. The maximum Gasteiger partial charge on any atom is 0.410 e. The molecular weight excluding hydrogens is 298 g/mol. The second kappa shape index (κ2) is 7.00. The first-order chi connectivity index (χ1) is 10.8. The molecule has 1 aromatic carbocycles. The maximum absolute atomic E-state index is 12.2. The van der Waals surface area contributed by atoms with Crippen LogP contribution in [0.3, 0.4) is 0 Å². The van der Waals surface area contributed by atoms with Gasteiger partial charge in [-0.15, -0.1) is 0 Å². The Kier molecular flexibility index (Phi) is 5.26. The van der Waals surface area contributed by atoms with E-state index in [0.717, 1.165) is 0 Å². The van der Waals surface area contributed by atoms with Crippen molar-refractivity contribution in [3.05, 3.63) is 35.9 Å². The summed E-state index contributed by atoms with van der Waals surface area (Å²) in [6.45, 7) is 5.55. The van der Waals surface area contributed by atoms with Crippen molar-refractivity contribution in [3.63, 3.8) is 0 Å². The van der Waals surface area contributed by atoms with E-state index in [1.54, 1.807) is 45.0 Å². The van der Waals surface area contributed by atoms with Crippen LogP contribution < -0.4 is 0 Å². The highest BCUT2D eigenvalue weighted by Gasteiger charge is 2.37. The van der Waals surface area contributed by atoms with E-state index in [1.165, 1.54) is 4.90 Å². The number of ether oxygens (including phenoxy) is 2. The molecule has 1 N–H and O–H groups in total. The second-order valence-electron chi connectivity index (χ2n) is 6.64. The van der Waals surface area contributed by atoms with Crippen LogP contribution in [0.1, 0.15) is 37.6 Å². The number of hydrogen-bond donors (Lipinski definition) is 1. The van der Waals surface area contributed by atoms with E-state index in [0.29, 0.717) is 12.0 Å². The van der Waals surface area contributed by atoms with Crippen molar-refractivity contribution in [1.82, 2.24) is 4.90 Å². The van der Waals surface area contributed by atoms with Crippen molar-refractivity contribution in [2.24, 2.45) is 0 Å². The average Bonchev–Trinajstić information content (AvgIpc) is 2.85. The van der Waals surface area contributed by atoms with Crippen molar-refractivity contribution in [1.29, 1.82) is 0 Å². The molecule has 2 rings (SSSR count). The van der Waals surface area contributed by atoms with Gasteiger partial charge in [-0.2, -0.15) is 0 Å². The summed E-state index contributed by atoms with van der Waals surface area (Å²) in [5, 5.41) is 9.81. The molecule has 6 heteroatoms. The number of rotatable bonds is 3. The molecule has 0 aliphatic carbocycles. The number of carbonyl (C=O) groups excluding carboxylic acids is 2. The largest absolute Gasteiger partial charge is 0.460 e. The third-order valence-corrected chi connectivity index (χ3v) is 3.44. The molecule has 2 atom stereocenters. The number of aliphatic hydroxyl groups excluding tert-OH is 1. The number of benzene rings is 1. The molecule has 0 radical (unpaired) electrons. The number of carbonyl (C=O) groups is 2. The Morgan fingerprint density at radius 3 is 2.52 bits per heavy atom. The minimum absolute atomic E-state index is 0.0318. The van der Waals surface area contributed by atoms with E-state index >= 15 is 0 Å². The summed E-state index contributed by atoms with van der Waals surface area (Å²) >= 11 is 0. The van der Waals surface area contributed by atoms with Gasteiger partial charge >= 0.3 is 12.1 Å². The lowest BCUT2D eigenvalue weighted by Crippen LogP contribution is -2.42. The molecular formula is C17H23NO5. The molecule has 0 bridgehead atoms. The van der Waals surface area contributed by atoms with E-state index in [2.05, 4.69) is 0 Å². The Balaban J connectivity index is 1.94. The molecule has 0 spiro atoms.